The predicted octanol–water partition coefficient (Wildman–Crippen LogP) is 4.02. The van der Waals surface area contributed by atoms with Crippen LogP contribution in [0, 0.1) is 0 Å². The predicted molar refractivity (Wildman–Crippen MR) is 120 cm³/mol. The number of ether oxygens (including phenoxy) is 3. The van der Waals surface area contributed by atoms with Gasteiger partial charge in [-0.05, 0) is 32.0 Å². The SMILES string of the molecule is CCOc1ccc(OCC)c(NC(=O)COC(=O)c2cc3sc(N(C)C)nc3s2)c1. The number of carbonyl (C=O) groups is 2. The van der Waals surface area contributed by atoms with Crippen LogP contribution in [0.1, 0.15) is 23.5 Å². The Morgan fingerprint density at radius 1 is 1.10 bits per heavy atom. The standard InChI is InChI=1S/C20H23N3O5S2/c1-5-26-12-7-8-14(27-6-2)13(9-12)21-17(24)11-28-19(25)16-10-15-18(29-16)22-20(30-15)23(3)4/h7-10H,5-6,11H2,1-4H3,(H,21,24). The first-order valence-electron chi connectivity index (χ1n) is 9.35. The Morgan fingerprint density at radius 2 is 1.87 bits per heavy atom. The van der Waals surface area contributed by atoms with Crippen LogP contribution in [-0.2, 0) is 9.53 Å². The van der Waals surface area contributed by atoms with Crippen LogP contribution in [0.25, 0.3) is 9.53 Å². The number of hydrogen-bond acceptors (Lipinski definition) is 9. The molecule has 2 aromatic heterocycles. The molecular formula is C20H23N3O5S2. The lowest BCUT2D eigenvalue weighted by molar-refractivity contribution is -0.119. The van der Waals surface area contributed by atoms with Gasteiger partial charge < -0.3 is 24.4 Å². The van der Waals surface area contributed by atoms with Crippen LogP contribution >= 0.6 is 22.7 Å². The van der Waals surface area contributed by atoms with E-state index in [0.29, 0.717) is 35.3 Å². The van der Waals surface area contributed by atoms with E-state index >= 15 is 0 Å². The van der Waals surface area contributed by atoms with Gasteiger partial charge in [-0.3, -0.25) is 4.79 Å². The highest BCUT2D eigenvalue weighted by Gasteiger charge is 2.18. The van der Waals surface area contributed by atoms with Gasteiger partial charge in [0.25, 0.3) is 5.91 Å². The number of benzene rings is 1. The van der Waals surface area contributed by atoms with Crippen LogP contribution in [0.4, 0.5) is 10.8 Å². The van der Waals surface area contributed by atoms with E-state index < -0.39 is 18.5 Å². The summed E-state index contributed by atoms with van der Waals surface area (Å²) in [6.07, 6.45) is 0. The van der Waals surface area contributed by atoms with E-state index in [1.54, 1.807) is 24.3 Å². The van der Waals surface area contributed by atoms with Crippen LogP contribution in [0.15, 0.2) is 24.3 Å². The minimum atomic E-state index is -0.556. The lowest BCUT2D eigenvalue weighted by Gasteiger charge is -2.13. The third-order valence-electron chi connectivity index (χ3n) is 3.83. The van der Waals surface area contributed by atoms with Crippen molar-refractivity contribution in [2.45, 2.75) is 13.8 Å². The van der Waals surface area contributed by atoms with E-state index in [1.807, 2.05) is 32.8 Å². The van der Waals surface area contributed by atoms with Crippen molar-refractivity contribution in [3.63, 3.8) is 0 Å². The van der Waals surface area contributed by atoms with Gasteiger partial charge in [0.1, 0.15) is 21.2 Å². The largest absolute Gasteiger partial charge is 0.494 e. The summed E-state index contributed by atoms with van der Waals surface area (Å²) in [5.41, 5.74) is 0.459. The monoisotopic (exact) mass is 449 g/mol. The number of thiazole rings is 1. The number of nitrogens with zero attached hydrogens (tertiary/aromatic N) is 2. The number of nitrogens with one attached hydrogen (secondary N) is 1. The van der Waals surface area contributed by atoms with Gasteiger partial charge in [0.2, 0.25) is 0 Å². The molecule has 8 nitrogen and oxygen atoms in total. The van der Waals surface area contributed by atoms with E-state index in [1.165, 1.54) is 22.7 Å². The number of aromatic nitrogens is 1. The van der Waals surface area contributed by atoms with Crippen molar-refractivity contribution in [1.29, 1.82) is 0 Å². The van der Waals surface area contributed by atoms with Gasteiger partial charge in [-0.25, -0.2) is 9.78 Å². The van der Waals surface area contributed by atoms with Gasteiger partial charge in [0.15, 0.2) is 11.7 Å². The molecule has 0 unspecified atom stereocenters. The van der Waals surface area contributed by atoms with Crippen molar-refractivity contribution in [1.82, 2.24) is 4.98 Å². The summed E-state index contributed by atoms with van der Waals surface area (Å²) in [7, 11) is 3.83. The minimum Gasteiger partial charge on any atom is -0.494 e. The molecule has 30 heavy (non-hydrogen) atoms. The fourth-order valence-corrected chi connectivity index (χ4v) is 4.58. The molecule has 3 aromatic rings. The zero-order valence-electron chi connectivity index (χ0n) is 17.2. The van der Waals surface area contributed by atoms with Gasteiger partial charge in [0.05, 0.1) is 23.6 Å². The van der Waals surface area contributed by atoms with Gasteiger partial charge in [-0.1, -0.05) is 11.3 Å². The van der Waals surface area contributed by atoms with E-state index in [0.717, 1.165) is 14.7 Å². The van der Waals surface area contributed by atoms with Crippen LogP contribution < -0.4 is 19.7 Å². The molecule has 0 aliphatic carbocycles. The Balaban J connectivity index is 1.62. The van der Waals surface area contributed by atoms with E-state index in [-0.39, 0.29) is 0 Å². The molecule has 0 atom stereocenters. The fraction of sp³-hybridized carbons (Fsp3) is 0.350. The Morgan fingerprint density at radius 3 is 2.53 bits per heavy atom. The molecule has 0 radical (unpaired) electrons. The minimum absolute atomic E-state index is 0.412. The summed E-state index contributed by atoms with van der Waals surface area (Å²) < 4.78 is 17.1. The molecule has 0 saturated heterocycles. The first kappa shape index (κ1) is 21.8. The first-order chi connectivity index (χ1) is 14.4. The average Bonchev–Trinajstić information content (AvgIpc) is 3.28. The van der Waals surface area contributed by atoms with Crippen molar-refractivity contribution >= 4 is 54.9 Å². The molecule has 0 saturated carbocycles. The van der Waals surface area contributed by atoms with Crippen molar-refractivity contribution in [3.05, 3.63) is 29.1 Å². The Labute approximate surface area is 182 Å². The van der Waals surface area contributed by atoms with Crippen LogP contribution in [0.2, 0.25) is 0 Å². The second kappa shape index (κ2) is 9.77. The average molecular weight is 450 g/mol. The summed E-state index contributed by atoms with van der Waals surface area (Å²) >= 11 is 2.74. The lowest BCUT2D eigenvalue weighted by Crippen LogP contribution is -2.21. The van der Waals surface area contributed by atoms with Crippen molar-refractivity contribution < 1.29 is 23.8 Å². The number of hydrogen-bond donors (Lipinski definition) is 1. The van der Waals surface area contributed by atoms with Gasteiger partial charge in [-0.15, -0.1) is 11.3 Å². The normalized spacial score (nSPS) is 10.7. The maximum atomic E-state index is 12.3. The second-order valence-electron chi connectivity index (χ2n) is 6.32. The first-order valence-corrected chi connectivity index (χ1v) is 11.0. The smallest absolute Gasteiger partial charge is 0.348 e. The molecule has 3 rings (SSSR count). The van der Waals surface area contributed by atoms with Crippen molar-refractivity contribution in [2.75, 3.05) is 44.1 Å². The highest BCUT2D eigenvalue weighted by Crippen LogP contribution is 2.34. The maximum absolute atomic E-state index is 12.3. The number of anilines is 2. The fourth-order valence-electron chi connectivity index (χ4n) is 2.55. The van der Waals surface area contributed by atoms with Crippen LogP contribution in [-0.4, -0.2) is 50.8 Å². The van der Waals surface area contributed by atoms with Gasteiger partial charge >= 0.3 is 5.97 Å². The van der Waals surface area contributed by atoms with Crippen LogP contribution in [0.5, 0.6) is 11.5 Å². The summed E-state index contributed by atoms with van der Waals surface area (Å²) in [6.45, 7) is 4.27. The van der Waals surface area contributed by atoms with Crippen molar-refractivity contribution in [2.24, 2.45) is 0 Å². The molecule has 160 valence electrons. The Hall–Kier alpha value is -2.85. The van der Waals surface area contributed by atoms with E-state index in [4.69, 9.17) is 14.2 Å². The highest BCUT2D eigenvalue weighted by molar-refractivity contribution is 7.29. The lowest BCUT2D eigenvalue weighted by atomic mass is 10.2. The molecule has 0 spiro atoms. The van der Waals surface area contributed by atoms with E-state index in [2.05, 4.69) is 10.3 Å². The van der Waals surface area contributed by atoms with Crippen molar-refractivity contribution in [3.8, 4) is 11.5 Å². The topological polar surface area (TPSA) is 90.0 Å². The zero-order valence-corrected chi connectivity index (χ0v) is 18.8. The molecule has 0 aliphatic heterocycles. The maximum Gasteiger partial charge on any atom is 0.348 e. The van der Waals surface area contributed by atoms with Crippen LogP contribution in [0.3, 0.4) is 0 Å². The quantitative estimate of drug-likeness (QED) is 0.494. The molecule has 1 N–H and O–H groups in total. The number of fused-ring (bicyclic) bond motifs is 1. The molecular weight excluding hydrogens is 426 g/mol. The summed E-state index contributed by atoms with van der Waals surface area (Å²) in [6, 6.07) is 6.91. The highest BCUT2D eigenvalue weighted by atomic mass is 32.1. The molecule has 2 heterocycles. The molecule has 0 bridgehead atoms. The Bertz CT molecular complexity index is 1010. The summed E-state index contributed by atoms with van der Waals surface area (Å²) in [5.74, 6) is 0.0996. The number of esters is 1. The molecule has 1 amide bonds. The number of thiophene rings is 1. The summed E-state index contributed by atoms with van der Waals surface area (Å²) in [4.78, 5) is 32.2. The number of rotatable bonds is 9. The molecule has 0 aliphatic rings. The number of carbonyl (C=O) groups excluding carboxylic acids is 2. The van der Waals surface area contributed by atoms with Gasteiger partial charge in [0, 0.05) is 20.2 Å². The zero-order chi connectivity index (χ0) is 21.7. The Kier molecular flexibility index (Phi) is 7.11. The number of amides is 1. The van der Waals surface area contributed by atoms with E-state index in [9.17, 15) is 9.59 Å². The second-order valence-corrected chi connectivity index (χ2v) is 8.36. The molecule has 0 fully saturated rings. The van der Waals surface area contributed by atoms with Gasteiger partial charge in [-0.2, -0.15) is 0 Å². The third kappa shape index (κ3) is 5.19. The molecule has 10 heteroatoms. The summed E-state index contributed by atoms with van der Waals surface area (Å²) in [5, 5.41) is 3.58. The molecule has 1 aromatic carbocycles. The third-order valence-corrected chi connectivity index (χ3v) is 6.14.